The van der Waals surface area contributed by atoms with Crippen LogP contribution in [0.4, 0.5) is 11.5 Å². The molecule has 0 amide bonds. The van der Waals surface area contributed by atoms with E-state index in [-0.39, 0.29) is 6.10 Å². The van der Waals surface area contributed by atoms with Crippen molar-refractivity contribution in [1.82, 2.24) is 4.98 Å². The number of anilines is 2. The molecule has 1 aromatic heterocycles. The average molecular weight is 221 g/mol. The monoisotopic (exact) mass is 221 g/mol. The second-order valence-corrected chi connectivity index (χ2v) is 4.46. The standard InChI is InChI=1S/C12H19N3O/c13-12-7-10(5-6-14-12)15-8-9-3-1-2-4-11(9)16/h5-7,9,11,16H,1-4,8H2,(H3,13,14,15). The highest BCUT2D eigenvalue weighted by Gasteiger charge is 2.22. The first-order valence-electron chi connectivity index (χ1n) is 5.89. The quantitative estimate of drug-likeness (QED) is 0.725. The molecule has 88 valence electrons. The van der Waals surface area contributed by atoms with Crippen LogP contribution in [0, 0.1) is 5.92 Å². The third kappa shape index (κ3) is 2.85. The first-order valence-corrected chi connectivity index (χ1v) is 5.89. The lowest BCUT2D eigenvalue weighted by Crippen LogP contribution is -2.30. The molecular weight excluding hydrogens is 202 g/mol. The minimum Gasteiger partial charge on any atom is -0.393 e. The lowest BCUT2D eigenvalue weighted by Gasteiger charge is -2.27. The van der Waals surface area contributed by atoms with Gasteiger partial charge in [0.1, 0.15) is 5.82 Å². The molecule has 1 fully saturated rings. The molecule has 0 aromatic carbocycles. The van der Waals surface area contributed by atoms with E-state index in [9.17, 15) is 5.11 Å². The summed E-state index contributed by atoms with van der Waals surface area (Å²) in [5, 5.41) is 13.1. The van der Waals surface area contributed by atoms with Gasteiger partial charge in [-0.05, 0) is 18.9 Å². The van der Waals surface area contributed by atoms with E-state index in [0.717, 1.165) is 31.5 Å². The van der Waals surface area contributed by atoms with Crippen molar-refractivity contribution in [2.45, 2.75) is 31.8 Å². The zero-order valence-corrected chi connectivity index (χ0v) is 9.39. The summed E-state index contributed by atoms with van der Waals surface area (Å²) in [6.07, 6.45) is 5.96. The zero-order valence-electron chi connectivity index (χ0n) is 9.39. The molecule has 1 aromatic rings. The molecule has 1 aliphatic carbocycles. The molecule has 2 unspecified atom stereocenters. The third-order valence-electron chi connectivity index (χ3n) is 3.22. The van der Waals surface area contributed by atoms with E-state index in [2.05, 4.69) is 10.3 Å². The Balaban J connectivity index is 1.86. The van der Waals surface area contributed by atoms with Crippen LogP contribution in [0.5, 0.6) is 0 Å². The molecule has 1 saturated carbocycles. The van der Waals surface area contributed by atoms with Crippen LogP contribution in [0.2, 0.25) is 0 Å². The van der Waals surface area contributed by atoms with E-state index < -0.39 is 0 Å². The van der Waals surface area contributed by atoms with Gasteiger partial charge in [0.2, 0.25) is 0 Å². The van der Waals surface area contributed by atoms with Crippen molar-refractivity contribution >= 4 is 11.5 Å². The highest BCUT2D eigenvalue weighted by Crippen LogP contribution is 2.24. The molecule has 1 aliphatic rings. The van der Waals surface area contributed by atoms with Crippen LogP contribution in [0.15, 0.2) is 18.3 Å². The van der Waals surface area contributed by atoms with Crippen molar-refractivity contribution < 1.29 is 5.11 Å². The van der Waals surface area contributed by atoms with Gasteiger partial charge in [-0.2, -0.15) is 0 Å². The van der Waals surface area contributed by atoms with E-state index in [1.165, 1.54) is 6.42 Å². The second-order valence-electron chi connectivity index (χ2n) is 4.46. The fraction of sp³-hybridized carbons (Fsp3) is 0.583. The summed E-state index contributed by atoms with van der Waals surface area (Å²) in [7, 11) is 0. The lowest BCUT2D eigenvalue weighted by atomic mass is 9.86. The highest BCUT2D eigenvalue weighted by atomic mass is 16.3. The molecule has 0 saturated heterocycles. The predicted octanol–water partition coefficient (Wildman–Crippen LogP) is 1.63. The summed E-state index contributed by atoms with van der Waals surface area (Å²) < 4.78 is 0. The maximum atomic E-state index is 9.82. The van der Waals surface area contributed by atoms with Crippen LogP contribution in [-0.2, 0) is 0 Å². The first-order chi connectivity index (χ1) is 7.75. The Morgan fingerprint density at radius 1 is 1.44 bits per heavy atom. The van der Waals surface area contributed by atoms with Crippen LogP contribution >= 0.6 is 0 Å². The molecule has 2 atom stereocenters. The van der Waals surface area contributed by atoms with Gasteiger partial charge in [0.25, 0.3) is 0 Å². The van der Waals surface area contributed by atoms with Crippen molar-refractivity contribution in [3.8, 4) is 0 Å². The largest absolute Gasteiger partial charge is 0.393 e. The molecule has 0 bridgehead atoms. The molecular formula is C12H19N3O. The number of nitrogens with zero attached hydrogens (tertiary/aromatic N) is 1. The SMILES string of the molecule is Nc1cc(NCC2CCCCC2O)ccn1. The average Bonchev–Trinajstić information content (AvgIpc) is 2.28. The van der Waals surface area contributed by atoms with E-state index in [1.54, 1.807) is 6.20 Å². The van der Waals surface area contributed by atoms with E-state index in [1.807, 2.05) is 12.1 Å². The molecule has 2 rings (SSSR count). The molecule has 0 aliphatic heterocycles. The summed E-state index contributed by atoms with van der Waals surface area (Å²) in [5.74, 6) is 0.886. The Kier molecular flexibility index (Phi) is 3.62. The van der Waals surface area contributed by atoms with Crippen LogP contribution in [0.25, 0.3) is 0 Å². The minimum absolute atomic E-state index is 0.152. The fourth-order valence-electron chi connectivity index (χ4n) is 2.23. The lowest BCUT2D eigenvalue weighted by molar-refractivity contribution is 0.0763. The van der Waals surface area contributed by atoms with Gasteiger partial charge in [-0.1, -0.05) is 12.8 Å². The number of pyridine rings is 1. The van der Waals surface area contributed by atoms with Crippen molar-refractivity contribution in [2.75, 3.05) is 17.6 Å². The van der Waals surface area contributed by atoms with Crippen LogP contribution in [0.3, 0.4) is 0 Å². The maximum absolute atomic E-state index is 9.82. The Hall–Kier alpha value is -1.29. The number of aliphatic hydroxyl groups excluding tert-OH is 1. The second kappa shape index (κ2) is 5.16. The Bertz CT molecular complexity index is 343. The zero-order chi connectivity index (χ0) is 11.4. The molecule has 0 spiro atoms. The summed E-state index contributed by atoms with van der Waals surface area (Å²) in [5.41, 5.74) is 6.57. The van der Waals surface area contributed by atoms with Gasteiger partial charge in [0, 0.05) is 30.4 Å². The van der Waals surface area contributed by atoms with E-state index >= 15 is 0 Å². The Morgan fingerprint density at radius 2 is 2.25 bits per heavy atom. The fourth-order valence-corrected chi connectivity index (χ4v) is 2.23. The van der Waals surface area contributed by atoms with Crippen LogP contribution in [0.1, 0.15) is 25.7 Å². The molecule has 4 nitrogen and oxygen atoms in total. The highest BCUT2D eigenvalue weighted by molar-refractivity contribution is 5.49. The predicted molar refractivity (Wildman–Crippen MR) is 65.1 cm³/mol. The Labute approximate surface area is 95.9 Å². The van der Waals surface area contributed by atoms with Gasteiger partial charge in [-0.3, -0.25) is 0 Å². The van der Waals surface area contributed by atoms with Crippen LogP contribution < -0.4 is 11.1 Å². The van der Waals surface area contributed by atoms with E-state index in [4.69, 9.17) is 5.73 Å². The molecule has 1 heterocycles. The number of nitrogens with one attached hydrogen (secondary N) is 1. The summed E-state index contributed by atoms with van der Waals surface area (Å²) in [4.78, 5) is 3.94. The van der Waals surface area contributed by atoms with Gasteiger partial charge in [0.15, 0.2) is 0 Å². The molecule has 4 N–H and O–H groups in total. The van der Waals surface area contributed by atoms with Crippen molar-refractivity contribution in [2.24, 2.45) is 5.92 Å². The molecule has 0 radical (unpaired) electrons. The van der Waals surface area contributed by atoms with Gasteiger partial charge < -0.3 is 16.2 Å². The number of nitrogens with two attached hydrogens (primary N) is 1. The topological polar surface area (TPSA) is 71.2 Å². The summed E-state index contributed by atoms with van der Waals surface area (Å²) >= 11 is 0. The normalized spacial score (nSPS) is 25.3. The van der Waals surface area contributed by atoms with Gasteiger partial charge in [-0.25, -0.2) is 4.98 Å². The van der Waals surface area contributed by atoms with Crippen molar-refractivity contribution in [1.29, 1.82) is 0 Å². The molecule has 4 heteroatoms. The van der Waals surface area contributed by atoms with Gasteiger partial charge in [0.05, 0.1) is 6.10 Å². The number of hydrogen-bond acceptors (Lipinski definition) is 4. The first kappa shape index (κ1) is 11.2. The third-order valence-corrected chi connectivity index (χ3v) is 3.22. The smallest absolute Gasteiger partial charge is 0.125 e. The van der Waals surface area contributed by atoms with Crippen LogP contribution in [-0.4, -0.2) is 22.7 Å². The summed E-state index contributed by atoms with van der Waals surface area (Å²) in [6, 6.07) is 3.71. The Morgan fingerprint density at radius 3 is 3.00 bits per heavy atom. The number of nitrogen functional groups attached to an aromatic ring is 1. The summed E-state index contributed by atoms with van der Waals surface area (Å²) in [6.45, 7) is 0.810. The number of rotatable bonds is 3. The minimum atomic E-state index is -0.152. The van der Waals surface area contributed by atoms with Gasteiger partial charge >= 0.3 is 0 Å². The van der Waals surface area contributed by atoms with E-state index in [0.29, 0.717) is 11.7 Å². The molecule has 16 heavy (non-hydrogen) atoms. The number of aromatic nitrogens is 1. The number of aliphatic hydroxyl groups is 1. The van der Waals surface area contributed by atoms with Gasteiger partial charge in [-0.15, -0.1) is 0 Å². The maximum Gasteiger partial charge on any atom is 0.125 e. The van der Waals surface area contributed by atoms with Crippen molar-refractivity contribution in [3.63, 3.8) is 0 Å². The van der Waals surface area contributed by atoms with Crippen molar-refractivity contribution in [3.05, 3.63) is 18.3 Å². The number of hydrogen-bond donors (Lipinski definition) is 3.